The highest BCUT2D eigenvalue weighted by Crippen LogP contribution is 2.18. The zero-order chi connectivity index (χ0) is 13.5. The van der Waals surface area contributed by atoms with Crippen molar-refractivity contribution in [3.05, 3.63) is 34.4 Å². The minimum atomic E-state index is -0.541. The average Bonchev–Trinajstić information content (AvgIpc) is 2.36. The number of benzene rings is 1. The fraction of sp³-hybridized carbons (Fsp3) is 0.364. The number of aliphatic hydroxyl groups excluding tert-OH is 1. The number of hydrogen-bond acceptors (Lipinski definition) is 5. The van der Waals surface area contributed by atoms with E-state index in [1.807, 2.05) is 0 Å². The lowest BCUT2D eigenvalue weighted by atomic mass is 10.3. The predicted octanol–water partition coefficient (Wildman–Crippen LogP) is 0.471. The number of amides is 1. The summed E-state index contributed by atoms with van der Waals surface area (Å²) in [6.45, 7) is 1.22. The largest absolute Gasteiger partial charge is 0.484 e. The van der Waals surface area contributed by atoms with E-state index >= 15 is 0 Å². The summed E-state index contributed by atoms with van der Waals surface area (Å²) in [7, 11) is 0. The van der Waals surface area contributed by atoms with Gasteiger partial charge in [0.1, 0.15) is 5.75 Å². The lowest BCUT2D eigenvalue weighted by molar-refractivity contribution is -0.384. The molecule has 0 aliphatic rings. The van der Waals surface area contributed by atoms with Crippen LogP contribution in [0.1, 0.15) is 6.92 Å². The Labute approximate surface area is 104 Å². The van der Waals surface area contributed by atoms with Gasteiger partial charge in [-0.15, -0.1) is 0 Å². The topological polar surface area (TPSA) is 102 Å². The zero-order valence-corrected chi connectivity index (χ0v) is 9.83. The molecule has 1 amide bonds. The van der Waals surface area contributed by atoms with Crippen molar-refractivity contribution in [2.75, 3.05) is 13.2 Å². The van der Waals surface area contributed by atoms with Crippen molar-refractivity contribution in [2.24, 2.45) is 0 Å². The molecule has 0 radical (unpaired) electrons. The van der Waals surface area contributed by atoms with Gasteiger partial charge in [-0.25, -0.2) is 0 Å². The molecule has 0 aliphatic carbocycles. The lowest BCUT2D eigenvalue weighted by Gasteiger charge is -2.11. The Hall–Kier alpha value is -2.15. The van der Waals surface area contributed by atoms with Gasteiger partial charge in [-0.2, -0.15) is 0 Å². The van der Waals surface area contributed by atoms with Crippen molar-refractivity contribution < 1.29 is 19.6 Å². The maximum absolute atomic E-state index is 11.3. The van der Waals surface area contributed by atoms with Crippen LogP contribution in [0, 0.1) is 10.1 Å². The van der Waals surface area contributed by atoms with Crippen molar-refractivity contribution in [1.29, 1.82) is 0 Å². The second-order valence-corrected chi connectivity index (χ2v) is 3.69. The van der Waals surface area contributed by atoms with Gasteiger partial charge in [0.2, 0.25) is 0 Å². The number of aliphatic hydroxyl groups is 1. The summed E-state index contributed by atoms with van der Waals surface area (Å²) in [5.41, 5.74) is -0.100. The Kier molecular flexibility index (Phi) is 5.06. The SMILES string of the molecule is C[C@H](CO)NC(=O)COc1cccc([N+](=O)[O-])c1. The van der Waals surface area contributed by atoms with Gasteiger partial charge < -0.3 is 15.2 Å². The van der Waals surface area contributed by atoms with Crippen molar-refractivity contribution in [1.82, 2.24) is 5.32 Å². The van der Waals surface area contributed by atoms with E-state index in [1.165, 1.54) is 24.3 Å². The summed E-state index contributed by atoms with van der Waals surface area (Å²) >= 11 is 0. The Morgan fingerprint density at radius 1 is 1.61 bits per heavy atom. The third-order valence-electron chi connectivity index (χ3n) is 2.08. The second kappa shape index (κ2) is 6.55. The van der Waals surface area contributed by atoms with E-state index in [1.54, 1.807) is 6.92 Å². The molecule has 0 bridgehead atoms. The number of non-ortho nitro benzene ring substituents is 1. The highest BCUT2D eigenvalue weighted by Gasteiger charge is 2.09. The van der Waals surface area contributed by atoms with Gasteiger partial charge >= 0.3 is 0 Å². The fourth-order valence-electron chi connectivity index (χ4n) is 1.20. The summed E-state index contributed by atoms with van der Waals surface area (Å²) < 4.78 is 5.11. The molecule has 7 nitrogen and oxygen atoms in total. The number of nitro benzene ring substituents is 1. The second-order valence-electron chi connectivity index (χ2n) is 3.69. The molecule has 0 aromatic heterocycles. The van der Waals surface area contributed by atoms with Gasteiger partial charge in [0.25, 0.3) is 11.6 Å². The molecule has 0 unspecified atom stereocenters. The molecule has 0 fully saturated rings. The van der Waals surface area contributed by atoms with Crippen molar-refractivity contribution >= 4 is 11.6 Å². The number of rotatable bonds is 6. The number of ether oxygens (including phenoxy) is 1. The van der Waals surface area contributed by atoms with Crippen LogP contribution < -0.4 is 10.1 Å². The maximum Gasteiger partial charge on any atom is 0.273 e. The summed E-state index contributed by atoms with van der Waals surface area (Å²) in [5, 5.41) is 21.7. The van der Waals surface area contributed by atoms with E-state index in [9.17, 15) is 14.9 Å². The number of nitro groups is 1. The first kappa shape index (κ1) is 13.9. The third kappa shape index (κ3) is 4.38. The molecule has 1 rings (SSSR count). The van der Waals surface area contributed by atoms with Crippen molar-refractivity contribution in [3.8, 4) is 5.75 Å². The summed E-state index contributed by atoms with van der Waals surface area (Å²) in [6.07, 6.45) is 0. The zero-order valence-electron chi connectivity index (χ0n) is 9.83. The smallest absolute Gasteiger partial charge is 0.273 e. The van der Waals surface area contributed by atoms with E-state index in [0.29, 0.717) is 0 Å². The van der Waals surface area contributed by atoms with E-state index < -0.39 is 10.8 Å². The van der Waals surface area contributed by atoms with Gasteiger partial charge in [0.05, 0.1) is 17.6 Å². The average molecular weight is 254 g/mol. The van der Waals surface area contributed by atoms with Crippen LogP contribution in [0.5, 0.6) is 5.75 Å². The number of carbonyl (C=O) groups excluding carboxylic acids is 1. The molecule has 0 aliphatic heterocycles. The van der Waals surface area contributed by atoms with Crippen LogP contribution in [0.4, 0.5) is 5.69 Å². The molecular formula is C11H14N2O5. The fourth-order valence-corrected chi connectivity index (χ4v) is 1.20. The van der Waals surface area contributed by atoms with Crippen LogP contribution >= 0.6 is 0 Å². The molecule has 18 heavy (non-hydrogen) atoms. The molecule has 0 saturated carbocycles. The van der Waals surface area contributed by atoms with Gasteiger partial charge in [-0.1, -0.05) is 6.07 Å². The quantitative estimate of drug-likeness (QED) is 0.567. The van der Waals surface area contributed by atoms with E-state index in [0.717, 1.165) is 0 Å². The molecule has 2 N–H and O–H groups in total. The Morgan fingerprint density at radius 3 is 2.94 bits per heavy atom. The van der Waals surface area contributed by atoms with E-state index in [-0.39, 0.29) is 30.7 Å². The van der Waals surface area contributed by atoms with E-state index in [2.05, 4.69) is 5.32 Å². The Morgan fingerprint density at radius 2 is 2.33 bits per heavy atom. The highest BCUT2D eigenvalue weighted by molar-refractivity contribution is 5.77. The monoisotopic (exact) mass is 254 g/mol. The standard InChI is InChI=1S/C11H14N2O5/c1-8(6-14)12-11(15)7-18-10-4-2-3-9(5-10)13(16)17/h2-5,8,14H,6-7H2,1H3,(H,12,15)/t8-/m1/s1. The normalized spacial score (nSPS) is 11.7. The van der Waals surface area contributed by atoms with Crippen LogP contribution in [0.2, 0.25) is 0 Å². The van der Waals surface area contributed by atoms with Crippen LogP contribution in [0.3, 0.4) is 0 Å². The van der Waals surface area contributed by atoms with Crippen molar-refractivity contribution in [3.63, 3.8) is 0 Å². The van der Waals surface area contributed by atoms with Crippen LogP contribution in [0.25, 0.3) is 0 Å². The first-order valence-corrected chi connectivity index (χ1v) is 5.30. The number of carbonyl (C=O) groups is 1. The molecule has 98 valence electrons. The van der Waals surface area contributed by atoms with Gasteiger partial charge in [-0.3, -0.25) is 14.9 Å². The number of nitrogens with zero attached hydrogens (tertiary/aromatic N) is 1. The van der Waals surface area contributed by atoms with Gasteiger partial charge in [-0.05, 0) is 13.0 Å². The molecule has 1 atom stereocenters. The highest BCUT2D eigenvalue weighted by atomic mass is 16.6. The maximum atomic E-state index is 11.3. The minimum Gasteiger partial charge on any atom is -0.484 e. The van der Waals surface area contributed by atoms with Crippen LogP contribution in [0.15, 0.2) is 24.3 Å². The third-order valence-corrected chi connectivity index (χ3v) is 2.08. The van der Waals surface area contributed by atoms with E-state index in [4.69, 9.17) is 9.84 Å². The van der Waals surface area contributed by atoms with Gasteiger partial charge in [0.15, 0.2) is 6.61 Å². The van der Waals surface area contributed by atoms with Gasteiger partial charge in [0, 0.05) is 12.1 Å². The molecular weight excluding hydrogens is 240 g/mol. The van der Waals surface area contributed by atoms with Crippen molar-refractivity contribution in [2.45, 2.75) is 13.0 Å². The lowest BCUT2D eigenvalue weighted by Crippen LogP contribution is -2.38. The molecule has 1 aromatic rings. The first-order chi connectivity index (χ1) is 8.52. The number of nitrogens with one attached hydrogen (secondary N) is 1. The molecule has 0 spiro atoms. The molecule has 1 aromatic carbocycles. The minimum absolute atomic E-state index is 0.100. The summed E-state index contributed by atoms with van der Waals surface area (Å²) in [4.78, 5) is 21.3. The molecule has 7 heteroatoms. The first-order valence-electron chi connectivity index (χ1n) is 5.30. The van der Waals surface area contributed by atoms with Crippen LogP contribution in [-0.2, 0) is 4.79 Å². The number of hydrogen-bond donors (Lipinski definition) is 2. The Balaban J connectivity index is 2.50. The molecule has 0 saturated heterocycles. The van der Waals surface area contributed by atoms with Crippen LogP contribution in [-0.4, -0.2) is 35.2 Å². The predicted molar refractivity (Wildman–Crippen MR) is 63.3 cm³/mol. The molecule has 0 heterocycles. The summed E-state index contributed by atoms with van der Waals surface area (Å²) in [5.74, 6) is -0.154. The summed E-state index contributed by atoms with van der Waals surface area (Å²) in [6, 6.07) is 5.22. The Bertz CT molecular complexity index is 435.